The Balaban J connectivity index is 2.73. The molecule has 1 rings (SSSR count). The molecule has 1 aromatic rings. The number of hydrogen-bond donors (Lipinski definition) is 0. The van der Waals surface area contributed by atoms with Gasteiger partial charge in [0.05, 0.1) is 25.1 Å². The van der Waals surface area contributed by atoms with Gasteiger partial charge in [-0.2, -0.15) is 0 Å². The standard InChI is InChI=1S/C13H20N2O3/c1-11(16)13-5-4-12(10-14-13)15(6-8-17-2)7-9-18-3/h4-5,10H,6-9H2,1-3H3. The quantitative estimate of drug-likeness (QED) is 0.654. The lowest BCUT2D eigenvalue weighted by Gasteiger charge is -2.23. The summed E-state index contributed by atoms with van der Waals surface area (Å²) >= 11 is 0. The summed E-state index contributed by atoms with van der Waals surface area (Å²) < 4.78 is 10.2. The van der Waals surface area contributed by atoms with Crippen molar-refractivity contribution in [2.45, 2.75) is 6.92 Å². The van der Waals surface area contributed by atoms with Crippen molar-refractivity contribution < 1.29 is 14.3 Å². The number of aromatic nitrogens is 1. The molecule has 0 fully saturated rings. The molecule has 0 saturated heterocycles. The molecule has 0 aliphatic carbocycles. The second kappa shape index (κ2) is 7.79. The van der Waals surface area contributed by atoms with Crippen LogP contribution in [0.15, 0.2) is 18.3 Å². The van der Waals surface area contributed by atoms with Crippen LogP contribution in [-0.4, -0.2) is 51.3 Å². The molecule has 1 aromatic heterocycles. The van der Waals surface area contributed by atoms with Gasteiger partial charge in [-0.1, -0.05) is 0 Å². The highest BCUT2D eigenvalue weighted by atomic mass is 16.5. The molecule has 0 unspecified atom stereocenters. The van der Waals surface area contributed by atoms with E-state index in [1.807, 2.05) is 6.07 Å². The number of hydrogen-bond acceptors (Lipinski definition) is 5. The fourth-order valence-electron chi connectivity index (χ4n) is 1.55. The molecule has 0 bridgehead atoms. The number of ketones is 1. The Kier molecular flexibility index (Phi) is 6.32. The zero-order valence-electron chi connectivity index (χ0n) is 11.2. The Morgan fingerprint density at radius 3 is 2.22 bits per heavy atom. The number of pyridine rings is 1. The van der Waals surface area contributed by atoms with Crippen molar-refractivity contribution in [3.05, 3.63) is 24.0 Å². The largest absolute Gasteiger partial charge is 0.383 e. The summed E-state index contributed by atoms with van der Waals surface area (Å²) in [5.74, 6) is -0.0260. The van der Waals surface area contributed by atoms with Crippen molar-refractivity contribution in [3.63, 3.8) is 0 Å². The maximum Gasteiger partial charge on any atom is 0.178 e. The van der Waals surface area contributed by atoms with Crippen LogP contribution < -0.4 is 4.90 Å². The molecule has 0 spiro atoms. The van der Waals surface area contributed by atoms with Gasteiger partial charge in [-0.05, 0) is 12.1 Å². The van der Waals surface area contributed by atoms with Gasteiger partial charge in [-0.25, -0.2) is 0 Å². The minimum atomic E-state index is -0.0260. The SMILES string of the molecule is COCCN(CCOC)c1ccc(C(C)=O)nc1. The number of carbonyl (C=O) groups is 1. The van der Waals surface area contributed by atoms with Gasteiger partial charge in [-0.15, -0.1) is 0 Å². The van der Waals surface area contributed by atoms with Crippen LogP contribution in [0.1, 0.15) is 17.4 Å². The van der Waals surface area contributed by atoms with Crippen molar-refractivity contribution >= 4 is 11.5 Å². The molecule has 0 amide bonds. The summed E-state index contributed by atoms with van der Waals surface area (Å²) in [6, 6.07) is 3.64. The summed E-state index contributed by atoms with van der Waals surface area (Å²) in [5, 5.41) is 0. The summed E-state index contributed by atoms with van der Waals surface area (Å²) in [6.45, 7) is 4.31. The number of carbonyl (C=O) groups excluding carboxylic acids is 1. The Bertz CT molecular complexity index is 357. The zero-order chi connectivity index (χ0) is 13.4. The van der Waals surface area contributed by atoms with Crippen molar-refractivity contribution in [3.8, 4) is 0 Å². The number of nitrogens with zero attached hydrogens (tertiary/aromatic N) is 2. The van der Waals surface area contributed by atoms with Gasteiger partial charge in [0.25, 0.3) is 0 Å². The molecule has 5 nitrogen and oxygen atoms in total. The van der Waals surface area contributed by atoms with E-state index in [0.29, 0.717) is 18.9 Å². The predicted octanol–water partition coefficient (Wildman–Crippen LogP) is 1.38. The molecule has 0 atom stereocenters. The van der Waals surface area contributed by atoms with Crippen LogP contribution in [0.2, 0.25) is 0 Å². The number of anilines is 1. The Labute approximate surface area is 108 Å². The van der Waals surface area contributed by atoms with E-state index in [2.05, 4.69) is 9.88 Å². The molecule has 100 valence electrons. The first-order chi connectivity index (χ1) is 8.69. The highest BCUT2D eigenvalue weighted by molar-refractivity contribution is 5.92. The maximum absolute atomic E-state index is 11.2. The molecule has 1 heterocycles. The smallest absolute Gasteiger partial charge is 0.178 e. The molecule has 0 aliphatic rings. The van der Waals surface area contributed by atoms with Gasteiger partial charge in [0.1, 0.15) is 5.69 Å². The lowest BCUT2D eigenvalue weighted by molar-refractivity contribution is 0.101. The van der Waals surface area contributed by atoms with Crippen LogP contribution >= 0.6 is 0 Å². The minimum absolute atomic E-state index is 0.0260. The topological polar surface area (TPSA) is 51.7 Å². The van der Waals surface area contributed by atoms with E-state index in [9.17, 15) is 4.79 Å². The van der Waals surface area contributed by atoms with Crippen LogP contribution in [0.5, 0.6) is 0 Å². The van der Waals surface area contributed by atoms with Gasteiger partial charge >= 0.3 is 0 Å². The second-order valence-electron chi connectivity index (χ2n) is 3.93. The third-order valence-electron chi connectivity index (χ3n) is 2.60. The number of ether oxygens (including phenoxy) is 2. The first kappa shape index (κ1) is 14.6. The van der Waals surface area contributed by atoms with Crippen molar-refractivity contribution in [1.29, 1.82) is 0 Å². The van der Waals surface area contributed by atoms with E-state index >= 15 is 0 Å². The van der Waals surface area contributed by atoms with Gasteiger partial charge < -0.3 is 14.4 Å². The molecule has 0 saturated carbocycles. The first-order valence-electron chi connectivity index (χ1n) is 5.89. The fraction of sp³-hybridized carbons (Fsp3) is 0.538. The average molecular weight is 252 g/mol. The summed E-state index contributed by atoms with van der Waals surface area (Å²) in [5.41, 5.74) is 1.45. The summed E-state index contributed by atoms with van der Waals surface area (Å²) in [7, 11) is 3.34. The molecule has 0 aromatic carbocycles. The Hall–Kier alpha value is -1.46. The highest BCUT2D eigenvalue weighted by Crippen LogP contribution is 2.13. The van der Waals surface area contributed by atoms with Crippen molar-refractivity contribution in [2.24, 2.45) is 0 Å². The molecule has 0 N–H and O–H groups in total. The zero-order valence-corrected chi connectivity index (χ0v) is 11.2. The number of rotatable bonds is 8. The normalized spacial score (nSPS) is 10.4. The predicted molar refractivity (Wildman–Crippen MR) is 70.2 cm³/mol. The fourth-order valence-corrected chi connectivity index (χ4v) is 1.55. The Morgan fingerprint density at radius 2 is 1.83 bits per heavy atom. The lowest BCUT2D eigenvalue weighted by atomic mass is 10.2. The van der Waals surface area contributed by atoms with Crippen molar-refractivity contribution in [2.75, 3.05) is 45.4 Å². The van der Waals surface area contributed by atoms with Crippen LogP contribution in [-0.2, 0) is 9.47 Å². The highest BCUT2D eigenvalue weighted by Gasteiger charge is 2.08. The van der Waals surface area contributed by atoms with E-state index in [0.717, 1.165) is 18.8 Å². The maximum atomic E-state index is 11.2. The first-order valence-corrected chi connectivity index (χ1v) is 5.89. The molecular weight excluding hydrogens is 232 g/mol. The monoisotopic (exact) mass is 252 g/mol. The van der Waals surface area contributed by atoms with Crippen molar-refractivity contribution in [1.82, 2.24) is 4.98 Å². The molecular formula is C13H20N2O3. The second-order valence-corrected chi connectivity index (χ2v) is 3.93. The van der Waals surface area contributed by atoms with Crippen LogP contribution in [0.3, 0.4) is 0 Å². The number of Topliss-reactive ketones (excluding diaryl/α,β-unsaturated/α-hetero) is 1. The molecule has 0 radical (unpaired) electrons. The summed E-state index contributed by atoms with van der Waals surface area (Å²) in [6.07, 6.45) is 1.71. The third-order valence-corrected chi connectivity index (χ3v) is 2.60. The van der Waals surface area contributed by atoms with Gasteiger partial charge in [-0.3, -0.25) is 9.78 Å². The van der Waals surface area contributed by atoms with E-state index < -0.39 is 0 Å². The third kappa shape index (κ3) is 4.43. The van der Waals surface area contributed by atoms with Gasteiger partial charge in [0.15, 0.2) is 5.78 Å². The van der Waals surface area contributed by atoms with E-state index in [1.54, 1.807) is 26.5 Å². The number of methoxy groups -OCH3 is 2. The van der Waals surface area contributed by atoms with Crippen LogP contribution in [0.4, 0.5) is 5.69 Å². The molecule has 0 aliphatic heterocycles. The molecule has 5 heteroatoms. The Morgan fingerprint density at radius 1 is 1.22 bits per heavy atom. The van der Waals surface area contributed by atoms with E-state index in [1.165, 1.54) is 6.92 Å². The molecule has 18 heavy (non-hydrogen) atoms. The van der Waals surface area contributed by atoms with Gasteiger partial charge in [0, 0.05) is 34.2 Å². The van der Waals surface area contributed by atoms with Crippen LogP contribution in [0, 0.1) is 0 Å². The summed E-state index contributed by atoms with van der Waals surface area (Å²) in [4.78, 5) is 17.4. The average Bonchev–Trinajstić information content (AvgIpc) is 2.39. The van der Waals surface area contributed by atoms with Crippen LogP contribution in [0.25, 0.3) is 0 Å². The van der Waals surface area contributed by atoms with E-state index in [-0.39, 0.29) is 5.78 Å². The lowest BCUT2D eigenvalue weighted by Crippen LogP contribution is -2.30. The minimum Gasteiger partial charge on any atom is -0.383 e. The van der Waals surface area contributed by atoms with E-state index in [4.69, 9.17) is 9.47 Å². The van der Waals surface area contributed by atoms with Gasteiger partial charge in [0.2, 0.25) is 0 Å².